The number of nitrogens with zero attached hydrogens (tertiary/aromatic N) is 3. The molecule has 2 aliphatic heterocycles. The van der Waals surface area contributed by atoms with E-state index in [1.165, 1.54) is 0 Å². The standard InChI is InChI=1S/C25H28ClN3O3/c1-4-27-13-15-28(16-14-27)19-7-9-20(10-8-19)29-24(30)22(23(26)25(29)31)18-5-11-21(12-6-18)32-17(2)3/h5-12,17H,4,13-16H2,1-3H3. The number of imide groups is 1. The van der Waals surface area contributed by atoms with Gasteiger partial charge in [0.1, 0.15) is 10.8 Å². The molecule has 168 valence electrons. The molecule has 0 bridgehead atoms. The van der Waals surface area contributed by atoms with Crippen molar-refractivity contribution in [1.29, 1.82) is 0 Å². The lowest BCUT2D eigenvalue weighted by Crippen LogP contribution is -2.46. The van der Waals surface area contributed by atoms with Crippen LogP contribution in [0.15, 0.2) is 53.6 Å². The molecule has 2 aromatic rings. The molecular weight excluding hydrogens is 426 g/mol. The van der Waals surface area contributed by atoms with Crippen molar-refractivity contribution < 1.29 is 14.3 Å². The highest BCUT2D eigenvalue weighted by Crippen LogP contribution is 2.36. The third-order valence-electron chi connectivity index (χ3n) is 5.83. The van der Waals surface area contributed by atoms with E-state index in [9.17, 15) is 9.59 Å². The zero-order valence-electron chi connectivity index (χ0n) is 18.7. The van der Waals surface area contributed by atoms with E-state index < -0.39 is 11.8 Å². The molecule has 0 radical (unpaired) electrons. The molecule has 2 aliphatic rings. The van der Waals surface area contributed by atoms with Crippen LogP contribution in [0.2, 0.25) is 0 Å². The molecule has 32 heavy (non-hydrogen) atoms. The molecule has 0 saturated carbocycles. The van der Waals surface area contributed by atoms with E-state index in [4.69, 9.17) is 16.3 Å². The molecular formula is C25H28ClN3O3. The fourth-order valence-electron chi connectivity index (χ4n) is 4.09. The molecule has 2 heterocycles. The van der Waals surface area contributed by atoms with Crippen LogP contribution in [0.1, 0.15) is 26.3 Å². The van der Waals surface area contributed by atoms with Crippen molar-refractivity contribution >= 4 is 40.4 Å². The van der Waals surface area contributed by atoms with Crippen molar-refractivity contribution in [2.45, 2.75) is 26.9 Å². The number of halogens is 1. The molecule has 4 rings (SSSR count). The lowest BCUT2D eigenvalue weighted by atomic mass is 10.1. The van der Waals surface area contributed by atoms with Crippen LogP contribution < -0.4 is 14.5 Å². The highest BCUT2D eigenvalue weighted by atomic mass is 35.5. The van der Waals surface area contributed by atoms with E-state index in [-0.39, 0.29) is 16.7 Å². The zero-order chi connectivity index (χ0) is 22.8. The minimum absolute atomic E-state index is 0.0484. The molecule has 2 amide bonds. The van der Waals surface area contributed by atoms with Crippen molar-refractivity contribution in [2.24, 2.45) is 0 Å². The van der Waals surface area contributed by atoms with Gasteiger partial charge in [-0.05, 0) is 62.4 Å². The van der Waals surface area contributed by atoms with Crippen molar-refractivity contribution in [3.05, 3.63) is 59.1 Å². The molecule has 0 aliphatic carbocycles. The van der Waals surface area contributed by atoms with E-state index in [1.54, 1.807) is 24.3 Å². The highest BCUT2D eigenvalue weighted by molar-refractivity contribution is 6.60. The van der Waals surface area contributed by atoms with E-state index in [1.807, 2.05) is 38.1 Å². The Morgan fingerprint density at radius 3 is 2.03 bits per heavy atom. The number of hydrogen-bond acceptors (Lipinski definition) is 5. The third kappa shape index (κ3) is 4.38. The Bertz CT molecular complexity index is 1020. The van der Waals surface area contributed by atoms with Gasteiger partial charge >= 0.3 is 0 Å². The number of likely N-dealkylation sites (N-methyl/N-ethyl adjacent to an activating group) is 1. The van der Waals surface area contributed by atoms with Gasteiger partial charge in [0.05, 0.1) is 17.4 Å². The molecule has 6 nitrogen and oxygen atoms in total. The first-order chi connectivity index (χ1) is 15.4. The summed E-state index contributed by atoms with van der Waals surface area (Å²) in [6, 6.07) is 14.6. The fraction of sp³-hybridized carbons (Fsp3) is 0.360. The van der Waals surface area contributed by atoms with Crippen molar-refractivity contribution in [2.75, 3.05) is 42.5 Å². The zero-order valence-corrected chi connectivity index (χ0v) is 19.4. The van der Waals surface area contributed by atoms with Gasteiger partial charge < -0.3 is 14.5 Å². The number of benzene rings is 2. The summed E-state index contributed by atoms with van der Waals surface area (Å²) in [5, 5.41) is -0.0627. The highest BCUT2D eigenvalue weighted by Gasteiger charge is 2.39. The van der Waals surface area contributed by atoms with Crippen LogP contribution in [0.4, 0.5) is 11.4 Å². The summed E-state index contributed by atoms with van der Waals surface area (Å²) in [5.74, 6) is -0.218. The Balaban J connectivity index is 1.51. The van der Waals surface area contributed by atoms with E-state index in [2.05, 4.69) is 16.7 Å². The van der Waals surface area contributed by atoms with Gasteiger partial charge in [-0.15, -0.1) is 0 Å². The molecule has 7 heteroatoms. The number of amides is 2. The number of piperazine rings is 1. The summed E-state index contributed by atoms with van der Waals surface area (Å²) in [7, 11) is 0. The summed E-state index contributed by atoms with van der Waals surface area (Å²) < 4.78 is 5.65. The van der Waals surface area contributed by atoms with Crippen LogP contribution in [-0.2, 0) is 9.59 Å². The predicted molar refractivity (Wildman–Crippen MR) is 128 cm³/mol. The van der Waals surface area contributed by atoms with Gasteiger partial charge in [0.2, 0.25) is 0 Å². The average Bonchev–Trinajstić information content (AvgIpc) is 3.02. The second kappa shape index (κ2) is 9.35. The first kappa shape index (κ1) is 22.4. The maximum absolute atomic E-state index is 13.2. The number of ether oxygens (including phenoxy) is 1. The minimum Gasteiger partial charge on any atom is -0.491 e. The number of rotatable bonds is 6. The lowest BCUT2D eigenvalue weighted by molar-refractivity contribution is -0.119. The molecule has 2 aromatic carbocycles. The third-order valence-corrected chi connectivity index (χ3v) is 6.19. The van der Waals surface area contributed by atoms with Crippen LogP contribution in [0.25, 0.3) is 5.57 Å². The largest absolute Gasteiger partial charge is 0.491 e. The van der Waals surface area contributed by atoms with Crippen molar-refractivity contribution in [1.82, 2.24) is 4.90 Å². The first-order valence-electron chi connectivity index (χ1n) is 11.0. The Kier molecular flexibility index (Phi) is 6.53. The quantitative estimate of drug-likeness (QED) is 0.615. The van der Waals surface area contributed by atoms with Gasteiger partial charge in [-0.3, -0.25) is 9.59 Å². The minimum atomic E-state index is -0.501. The fourth-order valence-corrected chi connectivity index (χ4v) is 4.37. The van der Waals surface area contributed by atoms with Gasteiger partial charge in [-0.25, -0.2) is 4.90 Å². The van der Waals surface area contributed by atoms with Gasteiger partial charge in [-0.1, -0.05) is 30.7 Å². The van der Waals surface area contributed by atoms with Crippen molar-refractivity contribution in [3.63, 3.8) is 0 Å². The van der Waals surface area contributed by atoms with E-state index >= 15 is 0 Å². The maximum atomic E-state index is 13.2. The monoisotopic (exact) mass is 453 g/mol. The molecule has 0 spiro atoms. The van der Waals surface area contributed by atoms with Crippen LogP contribution in [0, 0.1) is 0 Å². The predicted octanol–water partition coefficient (Wildman–Crippen LogP) is 4.14. The molecule has 1 fully saturated rings. The van der Waals surface area contributed by atoms with Gasteiger partial charge in [-0.2, -0.15) is 0 Å². The Morgan fingerprint density at radius 1 is 0.875 bits per heavy atom. The van der Waals surface area contributed by atoms with Crippen LogP contribution in [-0.4, -0.2) is 55.5 Å². The molecule has 0 atom stereocenters. The van der Waals surface area contributed by atoms with Gasteiger partial charge in [0.25, 0.3) is 11.8 Å². The molecule has 1 saturated heterocycles. The number of hydrogen-bond donors (Lipinski definition) is 0. The van der Waals surface area contributed by atoms with Crippen molar-refractivity contribution in [3.8, 4) is 5.75 Å². The Morgan fingerprint density at radius 2 is 1.47 bits per heavy atom. The van der Waals surface area contributed by atoms with Crippen LogP contribution in [0.3, 0.4) is 0 Å². The second-order valence-corrected chi connectivity index (χ2v) is 8.64. The number of anilines is 2. The Labute approximate surface area is 194 Å². The summed E-state index contributed by atoms with van der Waals surface area (Å²) in [6.45, 7) is 11.1. The summed E-state index contributed by atoms with van der Waals surface area (Å²) in [4.78, 5) is 31.9. The molecule has 0 N–H and O–H groups in total. The second-order valence-electron chi connectivity index (χ2n) is 8.26. The SMILES string of the molecule is CCN1CCN(c2ccc(N3C(=O)C(Cl)=C(c4ccc(OC(C)C)cc4)C3=O)cc2)CC1. The van der Waals surface area contributed by atoms with E-state index in [0.29, 0.717) is 17.0 Å². The average molecular weight is 454 g/mol. The maximum Gasteiger partial charge on any atom is 0.277 e. The Hall–Kier alpha value is -2.83. The van der Waals surface area contributed by atoms with Gasteiger partial charge in [0, 0.05) is 31.9 Å². The van der Waals surface area contributed by atoms with Crippen LogP contribution >= 0.6 is 11.6 Å². The summed E-state index contributed by atoms with van der Waals surface area (Å²) >= 11 is 6.33. The summed E-state index contributed by atoms with van der Waals surface area (Å²) in [6.07, 6.45) is 0.0484. The molecule has 0 aromatic heterocycles. The van der Waals surface area contributed by atoms with Gasteiger partial charge in [0.15, 0.2) is 0 Å². The van der Waals surface area contributed by atoms with E-state index in [0.717, 1.165) is 43.3 Å². The normalized spacial score (nSPS) is 17.7. The lowest BCUT2D eigenvalue weighted by Gasteiger charge is -2.35. The van der Waals surface area contributed by atoms with Crippen LogP contribution in [0.5, 0.6) is 5.75 Å². The number of carbonyl (C=O) groups excluding carboxylic acids is 2. The smallest absolute Gasteiger partial charge is 0.277 e. The first-order valence-corrected chi connectivity index (χ1v) is 11.4. The molecule has 0 unspecified atom stereocenters. The number of carbonyl (C=O) groups is 2. The summed E-state index contributed by atoms with van der Waals surface area (Å²) in [5.41, 5.74) is 2.41. The topological polar surface area (TPSA) is 53.1 Å².